The summed E-state index contributed by atoms with van der Waals surface area (Å²) in [5.74, 6) is 0.0182. The second kappa shape index (κ2) is 9.46. The fourth-order valence-corrected chi connectivity index (χ4v) is 3.11. The maximum Gasteiger partial charge on any atom is 0.262 e. The Balaban J connectivity index is 1.55. The lowest BCUT2D eigenvalue weighted by Crippen LogP contribution is -2.20. The number of halogens is 1. The van der Waals surface area contributed by atoms with Gasteiger partial charge in [0.1, 0.15) is 5.75 Å². The number of hydrogen-bond donors (Lipinski definition) is 2. The molecule has 30 heavy (non-hydrogen) atoms. The Morgan fingerprint density at radius 3 is 2.30 bits per heavy atom. The molecule has 154 valence electrons. The van der Waals surface area contributed by atoms with E-state index in [1.807, 2.05) is 39.0 Å². The zero-order valence-electron chi connectivity index (χ0n) is 17.1. The van der Waals surface area contributed by atoms with Gasteiger partial charge in [-0.05, 0) is 86.0 Å². The van der Waals surface area contributed by atoms with Gasteiger partial charge in [0.2, 0.25) is 0 Å². The zero-order chi connectivity index (χ0) is 21.7. The number of aryl methyl sites for hydroxylation is 2. The van der Waals surface area contributed by atoms with Gasteiger partial charge in [0.15, 0.2) is 6.61 Å². The van der Waals surface area contributed by atoms with Crippen molar-refractivity contribution in [2.45, 2.75) is 20.8 Å². The number of nitrogens with one attached hydrogen (secondary N) is 2. The molecule has 2 amide bonds. The summed E-state index contributed by atoms with van der Waals surface area (Å²) in [6.07, 6.45) is 0. The van der Waals surface area contributed by atoms with E-state index in [-0.39, 0.29) is 18.4 Å². The highest BCUT2D eigenvalue weighted by atomic mass is 35.5. The average Bonchev–Trinajstić information content (AvgIpc) is 2.72. The summed E-state index contributed by atoms with van der Waals surface area (Å²) >= 11 is 5.92. The number of benzene rings is 3. The van der Waals surface area contributed by atoms with Crippen LogP contribution in [0.1, 0.15) is 27.0 Å². The molecule has 3 rings (SSSR count). The van der Waals surface area contributed by atoms with Gasteiger partial charge in [-0.1, -0.05) is 23.7 Å². The van der Waals surface area contributed by atoms with Gasteiger partial charge in [0.25, 0.3) is 11.8 Å². The molecule has 0 radical (unpaired) electrons. The highest BCUT2D eigenvalue weighted by Gasteiger charge is 2.10. The van der Waals surface area contributed by atoms with Crippen molar-refractivity contribution in [2.24, 2.45) is 0 Å². The van der Waals surface area contributed by atoms with Crippen molar-refractivity contribution in [3.8, 4) is 5.75 Å². The molecule has 3 aromatic rings. The molecule has 0 bridgehead atoms. The van der Waals surface area contributed by atoms with Crippen LogP contribution in [0.15, 0.2) is 60.7 Å². The maximum atomic E-state index is 12.5. The van der Waals surface area contributed by atoms with Gasteiger partial charge in [0.05, 0.1) is 0 Å². The molecule has 0 spiro atoms. The highest BCUT2D eigenvalue weighted by Crippen LogP contribution is 2.21. The smallest absolute Gasteiger partial charge is 0.262 e. The molecule has 3 aromatic carbocycles. The molecule has 5 nitrogen and oxygen atoms in total. The van der Waals surface area contributed by atoms with Crippen LogP contribution < -0.4 is 15.4 Å². The summed E-state index contributed by atoms with van der Waals surface area (Å²) in [5.41, 5.74) is 5.00. The van der Waals surface area contributed by atoms with Gasteiger partial charge >= 0.3 is 0 Å². The summed E-state index contributed by atoms with van der Waals surface area (Å²) < 4.78 is 5.52. The van der Waals surface area contributed by atoms with Crippen LogP contribution in [-0.4, -0.2) is 18.4 Å². The highest BCUT2D eigenvalue weighted by molar-refractivity contribution is 6.30. The second-order valence-corrected chi connectivity index (χ2v) is 7.46. The van der Waals surface area contributed by atoms with Crippen LogP contribution in [0.2, 0.25) is 5.02 Å². The Morgan fingerprint density at radius 2 is 1.60 bits per heavy atom. The first-order valence-corrected chi connectivity index (χ1v) is 9.87. The third-order valence-corrected chi connectivity index (χ3v) is 5.04. The van der Waals surface area contributed by atoms with E-state index in [0.29, 0.717) is 22.0 Å². The first-order chi connectivity index (χ1) is 14.3. The lowest BCUT2D eigenvalue weighted by atomic mass is 10.1. The van der Waals surface area contributed by atoms with Crippen molar-refractivity contribution in [2.75, 3.05) is 17.2 Å². The lowest BCUT2D eigenvalue weighted by molar-refractivity contribution is -0.118. The van der Waals surface area contributed by atoms with Crippen LogP contribution in [0.5, 0.6) is 5.75 Å². The fourth-order valence-electron chi connectivity index (χ4n) is 2.89. The molecule has 0 saturated carbocycles. The summed E-state index contributed by atoms with van der Waals surface area (Å²) in [4.78, 5) is 24.6. The van der Waals surface area contributed by atoms with Crippen molar-refractivity contribution in [3.63, 3.8) is 0 Å². The van der Waals surface area contributed by atoms with Crippen LogP contribution in [0, 0.1) is 20.8 Å². The summed E-state index contributed by atoms with van der Waals surface area (Å²) in [5, 5.41) is 6.32. The molecule has 0 aliphatic rings. The Morgan fingerprint density at radius 1 is 0.867 bits per heavy atom. The Labute approximate surface area is 181 Å². The van der Waals surface area contributed by atoms with Crippen molar-refractivity contribution in [3.05, 3.63) is 87.9 Å². The Kier molecular flexibility index (Phi) is 6.75. The quantitative estimate of drug-likeness (QED) is 0.548. The van der Waals surface area contributed by atoms with Gasteiger partial charge in [-0.15, -0.1) is 0 Å². The van der Waals surface area contributed by atoms with Crippen LogP contribution in [-0.2, 0) is 4.79 Å². The second-order valence-electron chi connectivity index (χ2n) is 7.02. The van der Waals surface area contributed by atoms with E-state index < -0.39 is 0 Å². The number of hydrogen-bond acceptors (Lipinski definition) is 3. The summed E-state index contributed by atoms with van der Waals surface area (Å²) in [7, 11) is 0. The van der Waals surface area contributed by atoms with E-state index in [4.69, 9.17) is 16.3 Å². The van der Waals surface area contributed by atoms with Crippen molar-refractivity contribution in [1.82, 2.24) is 0 Å². The van der Waals surface area contributed by atoms with Crippen molar-refractivity contribution in [1.29, 1.82) is 0 Å². The number of carbonyl (C=O) groups excluding carboxylic acids is 2. The van der Waals surface area contributed by atoms with Gasteiger partial charge < -0.3 is 15.4 Å². The van der Waals surface area contributed by atoms with E-state index in [2.05, 4.69) is 10.6 Å². The molecule has 6 heteroatoms. The molecule has 2 N–H and O–H groups in total. The number of anilines is 2. The van der Waals surface area contributed by atoms with Crippen LogP contribution in [0.3, 0.4) is 0 Å². The first kappa shape index (κ1) is 21.4. The molecular formula is C24H23ClN2O3. The molecule has 0 atom stereocenters. The number of rotatable bonds is 6. The van der Waals surface area contributed by atoms with Gasteiger partial charge in [-0.3, -0.25) is 9.59 Å². The lowest BCUT2D eigenvalue weighted by Gasteiger charge is -2.11. The van der Waals surface area contributed by atoms with Crippen LogP contribution in [0.4, 0.5) is 11.4 Å². The zero-order valence-corrected chi connectivity index (χ0v) is 17.8. The number of carbonyl (C=O) groups is 2. The topological polar surface area (TPSA) is 67.4 Å². The normalized spacial score (nSPS) is 10.4. The number of ether oxygens (including phenoxy) is 1. The Hall–Kier alpha value is -3.31. The molecule has 0 saturated heterocycles. The monoisotopic (exact) mass is 422 g/mol. The molecule has 0 heterocycles. The van der Waals surface area contributed by atoms with Crippen LogP contribution >= 0.6 is 11.6 Å². The molecule has 0 unspecified atom stereocenters. The molecule has 0 aliphatic heterocycles. The van der Waals surface area contributed by atoms with E-state index >= 15 is 0 Å². The summed E-state index contributed by atoms with van der Waals surface area (Å²) in [6.45, 7) is 5.69. The molecule has 0 aromatic heterocycles. The van der Waals surface area contributed by atoms with E-state index in [1.54, 1.807) is 42.5 Å². The SMILES string of the molecule is Cc1cc(Cl)ccc1NC(=O)COc1ccc(C(=O)Nc2cccc(C)c2C)cc1. The molecular weight excluding hydrogens is 400 g/mol. The number of amides is 2. The summed E-state index contributed by atoms with van der Waals surface area (Å²) in [6, 6.07) is 17.7. The minimum absolute atomic E-state index is 0.143. The van der Waals surface area contributed by atoms with Crippen molar-refractivity contribution < 1.29 is 14.3 Å². The van der Waals surface area contributed by atoms with Crippen LogP contribution in [0.25, 0.3) is 0 Å². The van der Waals surface area contributed by atoms with Gasteiger partial charge in [-0.2, -0.15) is 0 Å². The van der Waals surface area contributed by atoms with E-state index in [9.17, 15) is 9.59 Å². The fraction of sp³-hybridized carbons (Fsp3) is 0.167. The minimum Gasteiger partial charge on any atom is -0.484 e. The average molecular weight is 423 g/mol. The minimum atomic E-state index is -0.280. The third kappa shape index (κ3) is 5.39. The van der Waals surface area contributed by atoms with Crippen molar-refractivity contribution >= 4 is 34.8 Å². The van der Waals surface area contributed by atoms with Gasteiger partial charge in [0, 0.05) is 22.0 Å². The predicted octanol–water partition coefficient (Wildman–Crippen LogP) is 5.54. The van der Waals surface area contributed by atoms with E-state index in [0.717, 1.165) is 22.4 Å². The van der Waals surface area contributed by atoms with E-state index in [1.165, 1.54) is 0 Å². The van der Waals surface area contributed by atoms with Gasteiger partial charge in [-0.25, -0.2) is 0 Å². The third-order valence-electron chi connectivity index (χ3n) is 4.80. The molecule has 0 fully saturated rings. The maximum absolute atomic E-state index is 12.5. The Bertz CT molecular complexity index is 1080. The standard InChI is InChI=1S/C24H23ClN2O3/c1-15-5-4-6-22(17(15)3)27-24(29)18-7-10-20(11-8-18)30-14-23(28)26-21-12-9-19(25)13-16(21)2/h4-13H,14H2,1-3H3,(H,26,28)(H,27,29). The predicted molar refractivity (Wildman–Crippen MR) is 121 cm³/mol. The first-order valence-electron chi connectivity index (χ1n) is 9.50. The molecule has 0 aliphatic carbocycles. The largest absolute Gasteiger partial charge is 0.484 e.